The van der Waals surface area contributed by atoms with Crippen LogP contribution >= 0.6 is 0 Å². The molecule has 0 aromatic heterocycles. The molecule has 0 saturated heterocycles. The molecule has 1 rings (SSSR count). The van der Waals surface area contributed by atoms with E-state index in [1.165, 1.54) is 7.11 Å². The van der Waals surface area contributed by atoms with Crippen LogP contribution in [0.2, 0.25) is 0 Å². The highest BCUT2D eigenvalue weighted by molar-refractivity contribution is 5.84. The highest BCUT2D eigenvalue weighted by Crippen LogP contribution is 2.28. The first-order valence-electron chi connectivity index (χ1n) is 7.88. The third kappa shape index (κ3) is 5.61. The number of carboxylic acids is 1. The largest absolute Gasteiger partial charge is 0.493 e. The standard InChI is InChI=1S/C18H25NO5/c1-5-7-13-8-9-14(15(10-13)23-4)24-11-16(20)19-17(18(21)22)12(3)6-2/h5,7-10,12,17H,6,11H2,1-4H3,(H,19,20)(H,21,22)/b7-5+. The number of carboxylic acid groups (broad SMARTS) is 1. The van der Waals surface area contributed by atoms with Crippen molar-refractivity contribution >= 4 is 18.0 Å². The highest BCUT2D eigenvalue weighted by Gasteiger charge is 2.25. The van der Waals surface area contributed by atoms with Crippen molar-refractivity contribution in [3.63, 3.8) is 0 Å². The summed E-state index contributed by atoms with van der Waals surface area (Å²) < 4.78 is 10.7. The molecule has 6 nitrogen and oxygen atoms in total. The lowest BCUT2D eigenvalue weighted by atomic mass is 9.99. The normalized spacial score (nSPS) is 13.3. The van der Waals surface area contributed by atoms with Gasteiger partial charge in [-0.25, -0.2) is 4.79 Å². The molecule has 0 fully saturated rings. The van der Waals surface area contributed by atoms with Gasteiger partial charge in [-0.15, -0.1) is 0 Å². The average Bonchev–Trinajstić information content (AvgIpc) is 2.57. The summed E-state index contributed by atoms with van der Waals surface area (Å²) in [5.74, 6) is -0.763. The quantitative estimate of drug-likeness (QED) is 0.725. The fourth-order valence-corrected chi connectivity index (χ4v) is 2.14. The van der Waals surface area contributed by atoms with E-state index in [4.69, 9.17) is 9.47 Å². The van der Waals surface area contributed by atoms with Crippen molar-refractivity contribution in [2.45, 2.75) is 33.2 Å². The Labute approximate surface area is 142 Å². The van der Waals surface area contributed by atoms with Crippen LogP contribution in [0, 0.1) is 5.92 Å². The van der Waals surface area contributed by atoms with Crippen LogP contribution in [-0.2, 0) is 9.59 Å². The van der Waals surface area contributed by atoms with Gasteiger partial charge in [0.1, 0.15) is 6.04 Å². The Morgan fingerprint density at radius 1 is 1.33 bits per heavy atom. The van der Waals surface area contributed by atoms with Gasteiger partial charge in [0, 0.05) is 0 Å². The highest BCUT2D eigenvalue weighted by atomic mass is 16.5. The minimum Gasteiger partial charge on any atom is -0.493 e. The lowest BCUT2D eigenvalue weighted by Crippen LogP contribution is -2.46. The fraction of sp³-hybridized carbons (Fsp3) is 0.444. The Kier molecular flexibility index (Phi) is 7.82. The summed E-state index contributed by atoms with van der Waals surface area (Å²) in [7, 11) is 1.52. The molecule has 24 heavy (non-hydrogen) atoms. The van der Waals surface area contributed by atoms with E-state index < -0.39 is 17.9 Å². The minimum atomic E-state index is -1.05. The number of hydrogen-bond donors (Lipinski definition) is 2. The molecule has 0 aliphatic carbocycles. The van der Waals surface area contributed by atoms with Gasteiger partial charge in [0.05, 0.1) is 7.11 Å². The van der Waals surface area contributed by atoms with Crippen LogP contribution in [0.15, 0.2) is 24.3 Å². The number of amides is 1. The van der Waals surface area contributed by atoms with E-state index in [-0.39, 0.29) is 12.5 Å². The van der Waals surface area contributed by atoms with E-state index in [9.17, 15) is 14.7 Å². The topological polar surface area (TPSA) is 84.9 Å². The summed E-state index contributed by atoms with van der Waals surface area (Å²) in [4.78, 5) is 23.2. The van der Waals surface area contributed by atoms with Crippen molar-refractivity contribution in [3.05, 3.63) is 29.8 Å². The summed E-state index contributed by atoms with van der Waals surface area (Å²) in [5.41, 5.74) is 0.953. The second-order valence-electron chi connectivity index (χ2n) is 5.47. The zero-order valence-electron chi connectivity index (χ0n) is 14.5. The lowest BCUT2D eigenvalue weighted by molar-refractivity contribution is -0.143. The molecule has 0 heterocycles. The second kappa shape index (κ2) is 9.60. The van der Waals surface area contributed by atoms with Crippen LogP contribution in [0.5, 0.6) is 11.5 Å². The Bertz CT molecular complexity index is 597. The average molecular weight is 335 g/mol. The second-order valence-corrected chi connectivity index (χ2v) is 5.47. The minimum absolute atomic E-state index is 0.166. The maximum atomic E-state index is 12.0. The number of allylic oxidation sites excluding steroid dienone is 1. The van der Waals surface area contributed by atoms with Crippen LogP contribution in [-0.4, -0.2) is 36.7 Å². The van der Waals surface area contributed by atoms with Crippen LogP contribution < -0.4 is 14.8 Å². The SMILES string of the molecule is C/C=C/c1ccc(OCC(=O)NC(C(=O)O)C(C)CC)c(OC)c1. The van der Waals surface area contributed by atoms with Crippen molar-refractivity contribution in [1.29, 1.82) is 0 Å². The van der Waals surface area contributed by atoms with Gasteiger partial charge in [0.25, 0.3) is 5.91 Å². The Morgan fingerprint density at radius 2 is 2.04 bits per heavy atom. The van der Waals surface area contributed by atoms with E-state index in [2.05, 4.69) is 5.32 Å². The maximum absolute atomic E-state index is 12.0. The number of carbonyl (C=O) groups is 2. The van der Waals surface area contributed by atoms with Gasteiger partial charge in [-0.05, 0) is 30.5 Å². The number of aliphatic carboxylic acids is 1. The Morgan fingerprint density at radius 3 is 2.58 bits per heavy atom. The summed E-state index contributed by atoms with van der Waals surface area (Å²) in [5, 5.41) is 11.7. The lowest BCUT2D eigenvalue weighted by Gasteiger charge is -2.20. The molecule has 2 atom stereocenters. The van der Waals surface area contributed by atoms with Crippen LogP contribution in [0.1, 0.15) is 32.8 Å². The molecular formula is C18H25NO5. The number of rotatable bonds is 9. The third-order valence-corrected chi connectivity index (χ3v) is 3.70. The molecule has 2 unspecified atom stereocenters. The predicted octanol–water partition coefficient (Wildman–Crippen LogP) is 2.72. The van der Waals surface area contributed by atoms with Crippen molar-refractivity contribution in [2.75, 3.05) is 13.7 Å². The smallest absolute Gasteiger partial charge is 0.326 e. The van der Waals surface area contributed by atoms with E-state index >= 15 is 0 Å². The first-order chi connectivity index (χ1) is 11.4. The number of ether oxygens (including phenoxy) is 2. The van der Waals surface area contributed by atoms with Crippen molar-refractivity contribution in [3.8, 4) is 11.5 Å². The van der Waals surface area contributed by atoms with Gasteiger partial charge in [0.2, 0.25) is 0 Å². The van der Waals surface area contributed by atoms with E-state index in [0.29, 0.717) is 17.9 Å². The van der Waals surface area contributed by atoms with E-state index in [1.54, 1.807) is 19.1 Å². The number of benzene rings is 1. The third-order valence-electron chi connectivity index (χ3n) is 3.70. The van der Waals surface area contributed by atoms with Crippen LogP contribution in [0.25, 0.3) is 6.08 Å². The predicted molar refractivity (Wildman–Crippen MR) is 92.2 cm³/mol. The molecule has 6 heteroatoms. The summed E-state index contributed by atoms with van der Waals surface area (Å²) in [6.45, 7) is 5.29. The van der Waals surface area contributed by atoms with Crippen molar-refractivity contribution < 1.29 is 24.2 Å². The first-order valence-corrected chi connectivity index (χ1v) is 7.88. The number of methoxy groups -OCH3 is 1. The summed E-state index contributed by atoms with van der Waals surface area (Å²) in [6.07, 6.45) is 4.48. The van der Waals surface area contributed by atoms with E-state index in [1.807, 2.05) is 32.1 Å². The molecule has 0 bridgehead atoms. The van der Waals surface area contributed by atoms with Gasteiger partial charge >= 0.3 is 5.97 Å². The van der Waals surface area contributed by atoms with E-state index in [0.717, 1.165) is 5.56 Å². The molecule has 1 aromatic carbocycles. The Balaban J connectivity index is 2.71. The maximum Gasteiger partial charge on any atom is 0.326 e. The monoisotopic (exact) mass is 335 g/mol. The summed E-state index contributed by atoms with van der Waals surface area (Å²) in [6, 6.07) is 4.43. The van der Waals surface area contributed by atoms with Gasteiger partial charge < -0.3 is 19.9 Å². The molecule has 0 aliphatic heterocycles. The molecule has 0 saturated carbocycles. The Hall–Kier alpha value is -2.50. The summed E-state index contributed by atoms with van der Waals surface area (Å²) >= 11 is 0. The van der Waals surface area contributed by atoms with Crippen LogP contribution in [0.4, 0.5) is 0 Å². The molecule has 0 radical (unpaired) electrons. The fourth-order valence-electron chi connectivity index (χ4n) is 2.14. The molecule has 0 aliphatic rings. The number of hydrogen-bond acceptors (Lipinski definition) is 4. The van der Waals surface area contributed by atoms with Crippen molar-refractivity contribution in [2.24, 2.45) is 5.92 Å². The number of carbonyl (C=O) groups excluding carboxylic acids is 1. The molecular weight excluding hydrogens is 310 g/mol. The molecule has 2 N–H and O–H groups in total. The number of nitrogens with one attached hydrogen (secondary N) is 1. The van der Waals surface area contributed by atoms with Gasteiger partial charge in [-0.1, -0.05) is 38.5 Å². The van der Waals surface area contributed by atoms with Crippen LogP contribution in [0.3, 0.4) is 0 Å². The first kappa shape index (κ1) is 19.5. The molecule has 1 amide bonds. The van der Waals surface area contributed by atoms with Crippen molar-refractivity contribution in [1.82, 2.24) is 5.32 Å². The molecule has 132 valence electrons. The zero-order valence-corrected chi connectivity index (χ0v) is 14.5. The van der Waals surface area contributed by atoms with Gasteiger partial charge in [0.15, 0.2) is 18.1 Å². The molecule has 1 aromatic rings. The van der Waals surface area contributed by atoms with Gasteiger partial charge in [-0.3, -0.25) is 4.79 Å². The molecule has 0 spiro atoms. The zero-order chi connectivity index (χ0) is 18.1. The van der Waals surface area contributed by atoms with Gasteiger partial charge in [-0.2, -0.15) is 0 Å².